The first-order valence-corrected chi connectivity index (χ1v) is 10.1. The fourth-order valence-electron chi connectivity index (χ4n) is 2.54. The molecule has 0 saturated heterocycles. The van der Waals surface area contributed by atoms with E-state index in [1.807, 2.05) is 13.0 Å². The summed E-state index contributed by atoms with van der Waals surface area (Å²) in [5.74, 6) is 0.178. The van der Waals surface area contributed by atoms with Crippen molar-refractivity contribution in [2.45, 2.75) is 26.1 Å². The highest BCUT2D eigenvalue weighted by Crippen LogP contribution is 2.30. The highest BCUT2D eigenvalue weighted by molar-refractivity contribution is 7.09. The van der Waals surface area contributed by atoms with Gasteiger partial charge in [0.15, 0.2) is 11.7 Å². The van der Waals surface area contributed by atoms with Crippen LogP contribution in [0.5, 0.6) is 0 Å². The van der Waals surface area contributed by atoms with E-state index < -0.39 is 11.9 Å². The quantitative estimate of drug-likeness (QED) is 0.333. The normalized spacial score (nSPS) is 12.2. The zero-order valence-electron chi connectivity index (χ0n) is 16.1. The highest BCUT2D eigenvalue weighted by Gasteiger charge is 2.33. The molecule has 0 saturated carbocycles. The third-order valence-corrected chi connectivity index (χ3v) is 4.80. The van der Waals surface area contributed by atoms with Crippen molar-refractivity contribution in [2.75, 3.05) is 13.1 Å². The first-order chi connectivity index (χ1) is 14.3. The average molecular weight is 440 g/mol. The third kappa shape index (κ3) is 6.02. The number of aromatic nitrogens is 3. The van der Waals surface area contributed by atoms with Crippen LogP contribution in [0.25, 0.3) is 5.69 Å². The van der Waals surface area contributed by atoms with Crippen LogP contribution >= 0.6 is 11.3 Å². The van der Waals surface area contributed by atoms with Gasteiger partial charge in [-0.3, -0.25) is 0 Å². The number of hydrogen-bond acceptors (Lipinski definition) is 4. The van der Waals surface area contributed by atoms with Crippen molar-refractivity contribution in [1.82, 2.24) is 25.4 Å². The summed E-state index contributed by atoms with van der Waals surface area (Å²) >= 11 is 0.929. The second-order valence-corrected chi connectivity index (χ2v) is 7.17. The SMILES string of the molecule is CCNC(=NCc1nc(C(F)(F)F)cs1)NCCc1ccn(-c2ccc(F)cc2)n1. The van der Waals surface area contributed by atoms with Gasteiger partial charge in [-0.25, -0.2) is 19.0 Å². The van der Waals surface area contributed by atoms with Crippen LogP contribution in [-0.4, -0.2) is 33.8 Å². The van der Waals surface area contributed by atoms with Crippen LogP contribution < -0.4 is 10.6 Å². The molecular formula is C19H20F4N6S. The predicted octanol–water partition coefficient (Wildman–Crippen LogP) is 3.78. The molecule has 30 heavy (non-hydrogen) atoms. The molecular weight excluding hydrogens is 420 g/mol. The number of nitrogens with one attached hydrogen (secondary N) is 2. The fraction of sp³-hybridized carbons (Fsp3) is 0.316. The summed E-state index contributed by atoms with van der Waals surface area (Å²) in [5, 5.41) is 11.9. The second-order valence-electron chi connectivity index (χ2n) is 6.22. The minimum atomic E-state index is -4.45. The van der Waals surface area contributed by atoms with E-state index in [9.17, 15) is 17.6 Å². The Morgan fingerprint density at radius 1 is 1.17 bits per heavy atom. The van der Waals surface area contributed by atoms with Crippen molar-refractivity contribution in [3.63, 3.8) is 0 Å². The summed E-state index contributed by atoms with van der Waals surface area (Å²) in [6.07, 6.45) is -2.05. The highest BCUT2D eigenvalue weighted by atomic mass is 32.1. The van der Waals surface area contributed by atoms with Crippen molar-refractivity contribution >= 4 is 17.3 Å². The molecule has 11 heteroatoms. The Kier molecular flexibility index (Phi) is 7.03. The maximum Gasteiger partial charge on any atom is 0.434 e. The van der Waals surface area contributed by atoms with Gasteiger partial charge in [0.2, 0.25) is 0 Å². The fourth-order valence-corrected chi connectivity index (χ4v) is 3.27. The van der Waals surface area contributed by atoms with Gasteiger partial charge < -0.3 is 10.6 Å². The summed E-state index contributed by atoms with van der Waals surface area (Å²) in [7, 11) is 0. The van der Waals surface area contributed by atoms with Gasteiger partial charge in [0.25, 0.3) is 0 Å². The number of halogens is 4. The topological polar surface area (TPSA) is 67.1 Å². The van der Waals surface area contributed by atoms with Crippen molar-refractivity contribution in [3.8, 4) is 5.69 Å². The molecule has 2 heterocycles. The maximum atomic E-state index is 13.0. The number of alkyl halides is 3. The summed E-state index contributed by atoms with van der Waals surface area (Å²) in [4.78, 5) is 7.86. The van der Waals surface area contributed by atoms with E-state index in [1.54, 1.807) is 23.0 Å². The lowest BCUT2D eigenvalue weighted by atomic mass is 10.3. The molecule has 6 nitrogen and oxygen atoms in total. The average Bonchev–Trinajstić information content (AvgIpc) is 3.36. The summed E-state index contributed by atoms with van der Waals surface area (Å²) in [6.45, 7) is 3.08. The molecule has 2 N–H and O–H groups in total. The minimum Gasteiger partial charge on any atom is -0.357 e. The minimum absolute atomic E-state index is 0.0509. The van der Waals surface area contributed by atoms with E-state index >= 15 is 0 Å². The zero-order chi connectivity index (χ0) is 21.6. The van der Waals surface area contributed by atoms with Crippen LogP contribution in [-0.2, 0) is 19.1 Å². The molecule has 0 spiro atoms. The molecule has 3 rings (SSSR count). The molecule has 0 bridgehead atoms. The van der Waals surface area contributed by atoms with E-state index in [0.29, 0.717) is 25.5 Å². The standard InChI is InChI=1S/C19H20F4N6S/c1-2-24-18(26-11-17-27-16(12-30-17)19(21,22)23)25-9-7-14-8-10-29(28-14)15-5-3-13(20)4-6-15/h3-6,8,10,12H,2,7,9,11H2,1H3,(H2,24,25,26). The van der Waals surface area contributed by atoms with Gasteiger partial charge in [-0.1, -0.05) is 0 Å². The van der Waals surface area contributed by atoms with Crippen LogP contribution in [0.3, 0.4) is 0 Å². The molecule has 0 aliphatic heterocycles. The zero-order valence-corrected chi connectivity index (χ0v) is 16.9. The van der Waals surface area contributed by atoms with Crippen molar-refractivity contribution in [3.05, 3.63) is 64.1 Å². The van der Waals surface area contributed by atoms with E-state index in [0.717, 1.165) is 28.1 Å². The van der Waals surface area contributed by atoms with Gasteiger partial charge >= 0.3 is 6.18 Å². The molecule has 0 amide bonds. The summed E-state index contributed by atoms with van der Waals surface area (Å²) < 4.78 is 52.6. The van der Waals surface area contributed by atoms with Gasteiger partial charge in [-0.2, -0.15) is 18.3 Å². The molecule has 0 unspecified atom stereocenters. The molecule has 0 aliphatic rings. The van der Waals surface area contributed by atoms with Crippen LogP contribution in [0.15, 0.2) is 46.9 Å². The van der Waals surface area contributed by atoms with Gasteiger partial charge in [-0.05, 0) is 37.3 Å². The number of benzene rings is 1. The van der Waals surface area contributed by atoms with Crippen LogP contribution in [0.1, 0.15) is 23.3 Å². The van der Waals surface area contributed by atoms with Gasteiger partial charge in [0, 0.05) is 31.1 Å². The van der Waals surface area contributed by atoms with Gasteiger partial charge in [0.1, 0.15) is 10.8 Å². The van der Waals surface area contributed by atoms with Gasteiger partial charge in [0.05, 0.1) is 17.9 Å². The number of guanidine groups is 1. The lowest BCUT2D eigenvalue weighted by molar-refractivity contribution is -0.140. The number of nitrogens with zero attached hydrogens (tertiary/aromatic N) is 4. The predicted molar refractivity (Wildman–Crippen MR) is 107 cm³/mol. The lowest BCUT2D eigenvalue weighted by Gasteiger charge is -2.10. The summed E-state index contributed by atoms with van der Waals surface area (Å²) in [6, 6.07) is 7.89. The number of rotatable bonds is 7. The number of hydrogen-bond donors (Lipinski definition) is 2. The van der Waals surface area contributed by atoms with E-state index in [-0.39, 0.29) is 17.4 Å². The Balaban J connectivity index is 1.54. The third-order valence-electron chi connectivity index (χ3n) is 3.97. The van der Waals surface area contributed by atoms with Crippen LogP contribution in [0.4, 0.5) is 17.6 Å². The van der Waals surface area contributed by atoms with Crippen molar-refractivity contribution < 1.29 is 17.6 Å². The first kappa shape index (κ1) is 21.8. The Labute approximate surface area is 174 Å². The molecule has 0 fully saturated rings. The Hall–Kier alpha value is -2.95. The number of thiazole rings is 1. The Morgan fingerprint density at radius 2 is 1.93 bits per heavy atom. The molecule has 0 aliphatic carbocycles. The summed E-state index contributed by atoms with van der Waals surface area (Å²) in [5.41, 5.74) is 0.692. The Bertz CT molecular complexity index is 978. The maximum absolute atomic E-state index is 13.0. The van der Waals surface area contributed by atoms with Crippen molar-refractivity contribution in [1.29, 1.82) is 0 Å². The number of aliphatic imine (C=N–C) groups is 1. The Morgan fingerprint density at radius 3 is 2.60 bits per heavy atom. The molecule has 160 valence electrons. The van der Waals surface area contributed by atoms with E-state index in [2.05, 4.69) is 25.7 Å². The van der Waals surface area contributed by atoms with Crippen LogP contribution in [0, 0.1) is 5.82 Å². The largest absolute Gasteiger partial charge is 0.434 e. The molecule has 3 aromatic rings. The molecule has 0 radical (unpaired) electrons. The molecule has 0 atom stereocenters. The molecule has 1 aromatic carbocycles. The monoisotopic (exact) mass is 440 g/mol. The van der Waals surface area contributed by atoms with E-state index in [1.165, 1.54) is 12.1 Å². The van der Waals surface area contributed by atoms with Crippen LogP contribution in [0.2, 0.25) is 0 Å². The molecule has 2 aromatic heterocycles. The van der Waals surface area contributed by atoms with Crippen molar-refractivity contribution in [2.24, 2.45) is 4.99 Å². The second kappa shape index (κ2) is 9.70. The lowest BCUT2D eigenvalue weighted by Crippen LogP contribution is -2.38. The van der Waals surface area contributed by atoms with Gasteiger partial charge in [-0.15, -0.1) is 11.3 Å². The first-order valence-electron chi connectivity index (χ1n) is 9.19. The van der Waals surface area contributed by atoms with E-state index in [4.69, 9.17) is 0 Å². The smallest absolute Gasteiger partial charge is 0.357 e.